The van der Waals surface area contributed by atoms with Gasteiger partial charge in [-0.05, 0) is 43.5 Å². The highest BCUT2D eigenvalue weighted by molar-refractivity contribution is 7.89. The lowest BCUT2D eigenvalue weighted by Crippen LogP contribution is -2.34. The molecular weight excluding hydrogens is 288 g/mol. The molecule has 0 aliphatic heterocycles. The Labute approximate surface area is 126 Å². The van der Waals surface area contributed by atoms with E-state index in [1.165, 1.54) is 25.0 Å². The van der Waals surface area contributed by atoms with Gasteiger partial charge in [0, 0.05) is 11.6 Å². The number of sulfonamides is 1. The molecule has 0 atom stereocenters. The van der Waals surface area contributed by atoms with Crippen molar-refractivity contribution in [2.75, 3.05) is 0 Å². The molecule has 1 fully saturated rings. The van der Waals surface area contributed by atoms with Crippen LogP contribution in [-0.4, -0.2) is 20.4 Å². The van der Waals surface area contributed by atoms with Crippen LogP contribution in [0.5, 0.6) is 0 Å². The predicted molar refractivity (Wildman–Crippen MR) is 81.5 cm³/mol. The number of benzene rings is 1. The van der Waals surface area contributed by atoms with E-state index in [4.69, 9.17) is 5.14 Å². The Morgan fingerprint density at radius 1 is 1.14 bits per heavy atom. The molecule has 5 nitrogen and oxygen atoms in total. The van der Waals surface area contributed by atoms with E-state index in [9.17, 15) is 13.2 Å². The van der Waals surface area contributed by atoms with E-state index in [0.29, 0.717) is 11.1 Å². The van der Waals surface area contributed by atoms with Gasteiger partial charge in [0.05, 0.1) is 4.90 Å². The molecule has 0 heterocycles. The van der Waals surface area contributed by atoms with Gasteiger partial charge in [0.2, 0.25) is 10.0 Å². The second kappa shape index (κ2) is 6.58. The Balaban J connectivity index is 2.17. The second-order valence-corrected chi connectivity index (χ2v) is 7.30. The number of carbonyl (C=O) groups excluding carboxylic acids is 1. The maximum Gasteiger partial charge on any atom is 0.251 e. The topological polar surface area (TPSA) is 89.3 Å². The van der Waals surface area contributed by atoms with Crippen molar-refractivity contribution in [2.24, 2.45) is 5.14 Å². The van der Waals surface area contributed by atoms with Crippen molar-refractivity contribution >= 4 is 15.9 Å². The van der Waals surface area contributed by atoms with Gasteiger partial charge in [-0.2, -0.15) is 0 Å². The van der Waals surface area contributed by atoms with Crippen LogP contribution >= 0.6 is 0 Å². The fourth-order valence-corrected chi connectivity index (χ4v) is 3.38. The van der Waals surface area contributed by atoms with E-state index in [2.05, 4.69) is 5.32 Å². The Hall–Kier alpha value is -1.40. The molecule has 1 aliphatic rings. The average molecular weight is 310 g/mol. The van der Waals surface area contributed by atoms with Gasteiger partial charge in [-0.25, -0.2) is 13.6 Å². The molecule has 0 aromatic heterocycles. The molecule has 21 heavy (non-hydrogen) atoms. The van der Waals surface area contributed by atoms with Crippen LogP contribution in [0.15, 0.2) is 23.1 Å². The van der Waals surface area contributed by atoms with E-state index in [0.717, 1.165) is 25.7 Å². The summed E-state index contributed by atoms with van der Waals surface area (Å²) >= 11 is 0. The van der Waals surface area contributed by atoms with Gasteiger partial charge in [0.1, 0.15) is 0 Å². The number of nitrogens with one attached hydrogen (secondary N) is 1. The van der Waals surface area contributed by atoms with Crippen LogP contribution in [0, 0.1) is 6.92 Å². The van der Waals surface area contributed by atoms with Gasteiger partial charge in [0.25, 0.3) is 5.91 Å². The van der Waals surface area contributed by atoms with Crippen molar-refractivity contribution in [2.45, 2.75) is 56.4 Å². The number of amides is 1. The first-order valence-electron chi connectivity index (χ1n) is 7.31. The smallest absolute Gasteiger partial charge is 0.251 e. The highest BCUT2D eigenvalue weighted by Crippen LogP contribution is 2.18. The van der Waals surface area contributed by atoms with Gasteiger partial charge in [-0.15, -0.1) is 0 Å². The minimum absolute atomic E-state index is 0.0199. The monoisotopic (exact) mass is 310 g/mol. The van der Waals surface area contributed by atoms with Gasteiger partial charge in [-0.1, -0.05) is 25.7 Å². The molecule has 0 radical (unpaired) electrons. The summed E-state index contributed by atoms with van der Waals surface area (Å²) in [6.45, 7) is 1.75. The summed E-state index contributed by atoms with van der Waals surface area (Å²) < 4.78 is 22.9. The summed E-state index contributed by atoms with van der Waals surface area (Å²) in [4.78, 5) is 12.3. The highest BCUT2D eigenvalue weighted by atomic mass is 32.2. The van der Waals surface area contributed by atoms with Crippen molar-refractivity contribution in [1.29, 1.82) is 0 Å². The quantitative estimate of drug-likeness (QED) is 0.838. The van der Waals surface area contributed by atoms with E-state index in [-0.39, 0.29) is 16.8 Å². The fourth-order valence-electron chi connectivity index (χ4n) is 2.74. The number of nitrogens with two attached hydrogens (primary N) is 1. The third-order valence-electron chi connectivity index (χ3n) is 3.83. The molecule has 1 amide bonds. The number of hydrogen-bond donors (Lipinski definition) is 2. The normalized spacial score (nSPS) is 17.2. The van der Waals surface area contributed by atoms with Gasteiger partial charge in [-0.3, -0.25) is 4.79 Å². The number of rotatable bonds is 3. The number of hydrogen-bond acceptors (Lipinski definition) is 3. The molecule has 0 spiro atoms. The predicted octanol–water partition coefficient (Wildman–Crippen LogP) is 2.10. The summed E-state index contributed by atoms with van der Waals surface area (Å²) in [5.74, 6) is -0.226. The maximum absolute atomic E-state index is 12.3. The van der Waals surface area contributed by atoms with Crippen LogP contribution in [0.2, 0.25) is 0 Å². The first-order valence-corrected chi connectivity index (χ1v) is 8.86. The summed E-state index contributed by atoms with van der Waals surface area (Å²) in [7, 11) is -3.80. The summed E-state index contributed by atoms with van der Waals surface area (Å²) in [6.07, 6.45) is 6.65. The van der Waals surface area contributed by atoms with Crippen molar-refractivity contribution in [1.82, 2.24) is 5.32 Å². The molecule has 1 aliphatic carbocycles. The van der Waals surface area contributed by atoms with Crippen molar-refractivity contribution in [3.8, 4) is 0 Å². The van der Waals surface area contributed by atoms with Gasteiger partial charge in [0.15, 0.2) is 0 Å². The van der Waals surface area contributed by atoms with E-state index in [1.54, 1.807) is 13.0 Å². The van der Waals surface area contributed by atoms with Crippen LogP contribution in [0.25, 0.3) is 0 Å². The van der Waals surface area contributed by atoms with Crippen LogP contribution < -0.4 is 10.5 Å². The van der Waals surface area contributed by atoms with Crippen molar-refractivity contribution in [3.63, 3.8) is 0 Å². The van der Waals surface area contributed by atoms with Crippen LogP contribution in [0.3, 0.4) is 0 Å². The van der Waals surface area contributed by atoms with Gasteiger partial charge < -0.3 is 5.32 Å². The largest absolute Gasteiger partial charge is 0.349 e. The molecule has 3 N–H and O–H groups in total. The lowest BCUT2D eigenvalue weighted by atomic mass is 10.1. The van der Waals surface area contributed by atoms with Crippen molar-refractivity contribution in [3.05, 3.63) is 29.3 Å². The molecule has 116 valence electrons. The molecule has 1 saturated carbocycles. The highest BCUT2D eigenvalue weighted by Gasteiger charge is 2.18. The molecule has 1 aromatic rings. The van der Waals surface area contributed by atoms with E-state index in [1.807, 2.05) is 0 Å². The minimum atomic E-state index is -3.80. The molecule has 0 saturated heterocycles. The Kier molecular flexibility index (Phi) is 5.00. The standard InChI is InChI=1S/C15H22N2O3S/c1-11-8-12(10-14(9-11)21(16,19)20)15(18)17-13-6-4-2-3-5-7-13/h8-10,13H,2-7H2,1H3,(H,17,18)(H2,16,19,20). The second-order valence-electron chi connectivity index (χ2n) is 5.74. The van der Waals surface area contributed by atoms with Crippen LogP contribution in [0.1, 0.15) is 54.4 Å². The summed E-state index contributed by atoms with van der Waals surface area (Å²) in [6, 6.07) is 4.67. The number of aryl methyl sites for hydroxylation is 1. The van der Waals surface area contributed by atoms with E-state index < -0.39 is 10.0 Å². The molecule has 0 unspecified atom stereocenters. The molecular formula is C15H22N2O3S. The van der Waals surface area contributed by atoms with Crippen LogP contribution in [0.4, 0.5) is 0 Å². The van der Waals surface area contributed by atoms with Crippen molar-refractivity contribution < 1.29 is 13.2 Å². The third-order valence-corrected chi connectivity index (χ3v) is 4.72. The number of primary sulfonamides is 1. The summed E-state index contributed by atoms with van der Waals surface area (Å²) in [5.41, 5.74) is 1.05. The van der Waals surface area contributed by atoms with Gasteiger partial charge >= 0.3 is 0 Å². The zero-order valence-corrected chi connectivity index (χ0v) is 13.1. The zero-order chi connectivity index (χ0) is 15.5. The third kappa shape index (κ3) is 4.54. The first-order chi connectivity index (χ1) is 9.86. The molecule has 6 heteroatoms. The van der Waals surface area contributed by atoms with Crippen LogP contribution in [-0.2, 0) is 10.0 Å². The maximum atomic E-state index is 12.3. The Bertz CT molecular complexity index is 618. The minimum Gasteiger partial charge on any atom is -0.349 e. The molecule has 0 bridgehead atoms. The Morgan fingerprint density at radius 2 is 1.76 bits per heavy atom. The van der Waals surface area contributed by atoms with E-state index >= 15 is 0 Å². The molecule has 2 rings (SSSR count). The lowest BCUT2D eigenvalue weighted by Gasteiger charge is -2.16. The summed E-state index contributed by atoms with van der Waals surface area (Å²) in [5, 5.41) is 8.15. The zero-order valence-electron chi connectivity index (χ0n) is 12.3. The number of carbonyl (C=O) groups is 1. The first kappa shape index (κ1) is 16.0. The fraction of sp³-hybridized carbons (Fsp3) is 0.533. The average Bonchev–Trinajstić information content (AvgIpc) is 2.65. The SMILES string of the molecule is Cc1cc(C(=O)NC2CCCCCC2)cc(S(N)(=O)=O)c1. The lowest BCUT2D eigenvalue weighted by molar-refractivity contribution is 0.0933. The molecule has 1 aromatic carbocycles. The Morgan fingerprint density at radius 3 is 2.33 bits per heavy atom.